The quantitative estimate of drug-likeness (QED) is 0.416. The Labute approximate surface area is 188 Å². The Morgan fingerprint density at radius 2 is 1.90 bits per heavy atom. The van der Waals surface area contributed by atoms with Gasteiger partial charge in [0.1, 0.15) is 0 Å². The molecule has 2 N–H and O–H groups in total. The molecule has 0 amide bonds. The SMILES string of the molecule is COc1cc(N)cc(C)c1OCCCN1CCN(c2cccc3sccc23)CC1.Cl. The molecule has 2 heterocycles. The van der Waals surface area contributed by atoms with Crippen LogP contribution in [0, 0.1) is 6.92 Å². The fourth-order valence-corrected chi connectivity index (χ4v) is 4.84. The minimum absolute atomic E-state index is 0. The summed E-state index contributed by atoms with van der Waals surface area (Å²) in [5.74, 6) is 1.51. The van der Waals surface area contributed by atoms with Gasteiger partial charge in [-0.05, 0) is 48.6 Å². The van der Waals surface area contributed by atoms with Crippen molar-refractivity contribution in [2.24, 2.45) is 0 Å². The Morgan fingerprint density at radius 1 is 1.10 bits per heavy atom. The predicted octanol–water partition coefficient (Wildman–Crippen LogP) is 4.81. The molecule has 0 unspecified atom stereocenters. The average Bonchev–Trinajstić information content (AvgIpc) is 3.21. The molecule has 1 fully saturated rings. The summed E-state index contributed by atoms with van der Waals surface area (Å²) < 4.78 is 12.8. The van der Waals surface area contributed by atoms with Crippen LogP contribution in [0.5, 0.6) is 11.5 Å². The topological polar surface area (TPSA) is 51.0 Å². The van der Waals surface area contributed by atoms with E-state index < -0.39 is 0 Å². The Morgan fingerprint density at radius 3 is 2.67 bits per heavy atom. The Bertz CT molecular complexity index is 970. The summed E-state index contributed by atoms with van der Waals surface area (Å²) in [6, 6.07) is 12.6. The number of nitrogens with zero attached hydrogens (tertiary/aromatic N) is 2. The second-order valence-corrected chi connectivity index (χ2v) is 8.46. The van der Waals surface area contributed by atoms with Gasteiger partial charge in [0.15, 0.2) is 11.5 Å². The summed E-state index contributed by atoms with van der Waals surface area (Å²) in [6.45, 7) is 8.04. The number of hydrogen-bond donors (Lipinski definition) is 1. The van der Waals surface area contributed by atoms with Crippen LogP contribution in [0.15, 0.2) is 41.8 Å². The van der Waals surface area contributed by atoms with E-state index in [0.29, 0.717) is 18.0 Å². The van der Waals surface area contributed by atoms with Crippen LogP contribution in [0.3, 0.4) is 0 Å². The molecule has 3 aromatic rings. The number of anilines is 2. The minimum Gasteiger partial charge on any atom is -0.493 e. The smallest absolute Gasteiger partial charge is 0.164 e. The molecule has 162 valence electrons. The van der Waals surface area contributed by atoms with Gasteiger partial charge in [0.25, 0.3) is 0 Å². The molecule has 1 saturated heterocycles. The molecular formula is C23H30ClN3O2S. The second kappa shape index (κ2) is 10.2. The lowest BCUT2D eigenvalue weighted by Crippen LogP contribution is -2.46. The van der Waals surface area contributed by atoms with Crippen molar-refractivity contribution in [1.82, 2.24) is 4.90 Å². The fourth-order valence-electron chi connectivity index (χ4n) is 4.03. The first-order valence-electron chi connectivity index (χ1n) is 10.2. The number of piperazine rings is 1. The summed E-state index contributed by atoms with van der Waals surface area (Å²) in [5.41, 5.74) is 8.97. The van der Waals surface area contributed by atoms with Crippen LogP contribution in [0.4, 0.5) is 11.4 Å². The van der Waals surface area contributed by atoms with Gasteiger partial charge in [0, 0.05) is 60.3 Å². The number of methoxy groups -OCH3 is 1. The van der Waals surface area contributed by atoms with E-state index in [2.05, 4.69) is 39.4 Å². The van der Waals surface area contributed by atoms with Gasteiger partial charge in [-0.25, -0.2) is 0 Å². The van der Waals surface area contributed by atoms with Crippen molar-refractivity contribution in [3.63, 3.8) is 0 Å². The van der Waals surface area contributed by atoms with E-state index in [1.807, 2.05) is 30.4 Å². The van der Waals surface area contributed by atoms with Crippen molar-refractivity contribution in [2.75, 3.05) is 57.1 Å². The molecular weight excluding hydrogens is 418 g/mol. The third kappa shape index (κ3) is 4.94. The first kappa shape index (κ1) is 22.5. The number of aryl methyl sites for hydroxylation is 1. The highest BCUT2D eigenvalue weighted by atomic mass is 35.5. The number of thiophene rings is 1. The zero-order valence-corrected chi connectivity index (χ0v) is 19.2. The normalized spacial score (nSPS) is 14.5. The molecule has 0 radical (unpaired) electrons. The lowest BCUT2D eigenvalue weighted by Gasteiger charge is -2.36. The third-order valence-electron chi connectivity index (χ3n) is 5.53. The van der Waals surface area contributed by atoms with Gasteiger partial charge < -0.3 is 20.1 Å². The summed E-state index contributed by atoms with van der Waals surface area (Å²) >= 11 is 1.82. The highest BCUT2D eigenvalue weighted by Crippen LogP contribution is 2.33. The maximum absolute atomic E-state index is 6.02. The van der Waals surface area contributed by atoms with Crippen molar-refractivity contribution < 1.29 is 9.47 Å². The molecule has 1 aliphatic rings. The molecule has 0 spiro atoms. The van der Waals surface area contributed by atoms with Crippen molar-refractivity contribution in [3.05, 3.63) is 47.3 Å². The summed E-state index contributed by atoms with van der Waals surface area (Å²) in [4.78, 5) is 5.05. The molecule has 0 aliphatic carbocycles. The van der Waals surface area contributed by atoms with Crippen LogP contribution in [0.25, 0.3) is 10.1 Å². The molecule has 0 bridgehead atoms. The molecule has 30 heavy (non-hydrogen) atoms. The molecule has 7 heteroatoms. The van der Waals surface area contributed by atoms with E-state index in [1.165, 1.54) is 15.8 Å². The Balaban J connectivity index is 0.00000256. The Kier molecular flexibility index (Phi) is 7.69. The van der Waals surface area contributed by atoms with Crippen molar-refractivity contribution in [2.45, 2.75) is 13.3 Å². The molecule has 1 aliphatic heterocycles. The average molecular weight is 448 g/mol. The van der Waals surface area contributed by atoms with Crippen LogP contribution in [0.2, 0.25) is 0 Å². The maximum Gasteiger partial charge on any atom is 0.164 e. The molecule has 5 nitrogen and oxygen atoms in total. The number of rotatable bonds is 7. The second-order valence-electron chi connectivity index (χ2n) is 7.51. The largest absolute Gasteiger partial charge is 0.493 e. The van der Waals surface area contributed by atoms with Gasteiger partial charge in [-0.2, -0.15) is 0 Å². The number of fused-ring (bicyclic) bond motifs is 1. The van der Waals surface area contributed by atoms with E-state index in [0.717, 1.165) is 50.5 Å². The van der Waals surface area contributed by atoms with Gasteiger partial charge >= 0.3 is 0 Å². The first-order chi connectivity index (χ1) is 14.2. The number of nitrogens with two attached hydrogens (primary N) is 1. The van der Waals surface area contributed by atoms with Crippen molar-refractivity contribution in [1.29, 1.82) is 0 Å². The van der Waals surface area contributed by atoms with Crippen LogP contribution in [-0.2, 0) is 0 Å². The van der Waals surface area contributed by atoms with Crippen molar-refractivity contribution in [3.8, 4) is 11.5 Å². The van der Waals surface area contributed by atoms with E-state index in [9.17, 15) is 0 Å². The number of benzene rings is 2. The highest BCUT2D eigenvalue weighted by Gasteiger charge is 2.18. The number of ether oxygens (including phenoxy) is 2. The maximum atomic E-state index is 6.02. The van der Waals surface area contributed by atoms with Gasteiger partial charge in [-0.1, -0.05) is 6.07 Å². The minimum atomic E-state index is 0. The summed E-state index contributed by atoms with van der Waals surface area (Å²) in [5, 5.41) is 3.56. The van der Waals surface area contributed by atoms with E-state index in [-0.39, 0.29) is 12.4 Å². The number of hydrogen-bond acceptors (Lipinski definition) is 6. The van der Waals surface area contributed by atoms with Gasteiger partial charge in [0.2, 0.25) is 0 Å². The third-order valence-corrected chi connectivity index (χ3v) is 6.42. The summed E-state index contributed by atoms with van der Waals surface area (Å²) in [6.07, 6.45) is 0.993. The molecule has 0 atom stereocenters. The first-order valence-corrected chi connectivity index (χ1v) is 11.0. The van der Waals surface area contributed by atoms with E-state index in [4.69, 9.17) is 15.2 Å². The lowest BCUT2D eigenvalue weighted by molar-refractivity contribution is 0.221. The monoisotopic (exact) mass is 447 g/mol. The van der Waals surface area contributed by atoms with Gasteiger partial charge in [-0.3, -0.25) is 4.90 Å². The van der Waals surface area contributed by atoms with Gasteiger partial charge in [-0.15, -0.1) is 23.7 Å². The standard InChI is InChI=1S/C23H29N3O2S.ClH/c1-17-15-18(24)16-21(27-2)23(17)28-13-4-8-25-9-11-26(12-10-25)20-5-3-6-22-19(20)7-14-29-22;/h3,5-7,14-16H,4,8-13,24H2,1-2H3;1H. The zero-order chi connectivity index (χ0) is 20.2. The number of halogens is 1. The molecule has 4 rings (SSSR count). The summed E-state index contributed by atoms with van der Waals surface area (Å²) in [7, 11) is 1.65. The van der Waals surface area contributed by atoms with Gasteiger partial charge in [0.05, 0.1) is 13.7 Å². The lowest BCUT2D eigenvalue weighted by atomic mass is 10.2. The van der Waals surface area contributed by atoms with E-state index in [1.54, 1.807) is 7.11 Å². The number of nitrogen functional groups attached to an aromatic ring is 1. The molecule has 2 aromatic carbocycles. The highest BCUT2D eigenvalue weighted by molar-refractivity contribution is 7.17. The van der Waals surface area contributed by atoms with Crippen LogP contribution in [0.1, 0.15) is 12.0 Å². The van der Waals surface area contributed by atoms with E-state index >= 15 is 0 Å². The molecule has 0 saturated carbocycles. The Hall–Kier alpha value is -2.15. The fraction of sp³-hybridized carbons (Fsp3) is 0.391. The zero-order valence-electron chi connectivity index (χ0n) is 17.6. The van der Waals surface area contributed by atoms with Crippen LogP contribution in [-0.4, -0.2) is 51.3 Å². The van der Waals surface area contributed by atoms with Crippen molar-refractivity contribution >= 4 is 45.2 Å². The van der Waals surface area contributed by atoms with Crippen LogP contribution < -0.4 is 20.1 Å². The van der Waals surface area contributed by atoms with Crippen LogP contribution >= 0.6 is 23.7 Å². The predicted molar refractivity (Wildman–Crippen MR) is 130 cm³/mol. The molecule has 1 aromatic heterocycles.